The number of nitrogens with one attached hydrogen (secondary N) is 1. The molecule has 0 saturated carbocycles. The van der Waals surface area contributed by atoms with Crippen LogP contribution >= 0.6 is 0 Å². The van der Waals surface area contributed by atoms with Crippen molar-refractivity contribution < 1.29 is 0 Å². The molecule has 0 aliphatic rings. The lowest BCUT2D eigenvalue weighted by molar-refractivity contribution is 0.930. The summed E-state index contributed by atoms with van der Waals surface area (Å²) >= 11 is 0. The van der Waals surface area contributed by atoms with E-state index in [0.29, 0.717) is 5.95 Å². The van der Waals surface area contributed by atoms with E-state index < -0.39 is 0 Å². The molecule has 2 aromatic rings. The number of imidazole rings is 1. The van der Waals surface area contributed by atoms with Gasteiger partial charge in [-0.25, -0.2) is 4.98 Å². The van der Waals surface area contributed by atoms with Crippen molar-refractivity contribution in [3.63, 3.8) is 0 Å². The van der Waals surface area contributed by atoms with Crippen molar-refractivity contribution in [1.29, 1.82) is 0 Å². The fraction of sp³-hybridized carbons (Fsp3) is 0.125. The number of anilines is 1. The van der Waals surface area contributed by atoms with Gasteiger partial charge in [0, 0.05) is 31.2 Å². The van der Waals surface area contributed by atoms with Gasteiger partial charge in [0.05, 0.1) is 5.69 Å². The van der Waals surface area contributed by atoms with Gasteiger partial charge >= 0.3 is 0 Å². The summed E-state index contributed by atoms with van der Waals surface area (Å²) in [4.78, 5) is 7.14. The van der Waals surface area contributed by atoms with E-state index in [4.69, 9.17) is 5.73 Å². The molecule has 0 unspecified atom stereocenters. The maximum atomic E-state index is 5.59. The highest BCUT2D eigenvalue weighted by atomic mass is 15.1. The Kier molecular flexibility index (Phi) is 1.40. The highest BCUT2D eigenvalue weighted by Crippen LogP contribution is 2.17. The fourth-order valence-electron chi connectivity index (χ4n) is 1.10. The second-order valence-electron chi connectivity index (χ2n) is 2.69. The van der Waals surface area contributed by atoms with E-state index in [0.717, 1.165) is 11.3 Å². The molecule has 0 aliphatic heterocycles. The zero-order chi connectivity index (χ0) is 8.55. The van der Waals surface area contributed by atoms with E-state index in [-0.39, 0.29) is 0 Å². The molecule has 62 valence electrons. The first-order valence-corrected chi connectivity index (χ1v) is 3.69. The Morgan fingerprint density at radius 1 is 1.58 bits per heavy atom. The smallest absolute Gasteiger partial charge is 0.200 e. The minimum Gasteiger partial charge on any atom is -0.369 e. The van der Waals surface area contributed by atoms with Crippen molar-refractivity contribution in [2.24, 2.45) is 7.05 Å². The van der Waals surface area contributed by atoms with Gasteiger partial charge in [-0.1, -0.05) is 0 Å². The molecule has 0 atom stereocenters. The topological polar surface area (TPSA) is 59.6 Å². The summed E-state index contributed by atoms with van der Waals surface area (Å²) in [7, 11) is 1.87. The Bertz CT molecular complexity index is 352. The largest absolute Gasteiger partial charge is 0.369 e. The molecule has 4 nitrogen and oxygen atoms in total. The van der Waals surface area contributed by atoms with Crippen LogP contribution in [-0.2, 0) is 7.05 Å². The maximum absolute atomic E-state index is 5.59. The van der Waals surface area contributed by atoms with Crippen molar-refractivity contribution in [3.05, 3.63) is 24.7 Å². The van der Waals surface area contributed by atoms with Gasteiger partial charge in [0.2, 0.25) is 0 Å². The Balaban J connectivity index is 2.48. The molecule has 0 saturated heterocycles. The summed E-state index contributed by atoms with van der Waals surface area (Å²) in [5, 5.41) is 0. The molecule has 12 heavy (non-hydrogen) atoms. The molecule has 2 heterocycles. The normalized spacial score (nSPS) is 10.4. The second-order valence-corrected chi connectivity index (χ2v) is 2.69. The van der Waals surface area contributed by atoms with Crippen LogP contribution in [0.25, 0.3) is 11.3 Å². The van der Waals surface area contributed by atoms with E-state index in [1.807, 2.05) is 31.7 Å². The summed E-state index contributed by atoms with van der Waals surface area (Å²) in [5.74, 6) is 0.534. The van der Waals surface area contributed by atoms with Crippen LogP contribution < -0.4 is 5.73 Å². The third-order valence-electron chi connectivity index (χ3n) is 1.81. The number of hydrogen-bond acceptors (Lipinski definition) is 2. The van der Waals surface area contributed by atoms with Gasteiger partial charge in [-0.2, -0.15) is 0 Å². The summed E-state index contributed by atoms with van der Waals surface area (Å²) in [6.07, 6.45) is 5.65. The van der Waals surface area contributed by atoms with Crippen LogP contribution in [0.15, 0.2) is 24.7 Å². The Morgan fingerprint density at radius 3 is 2.92 bits per heavy atom. The zero-order valence-corrected chi connectivity index (χ0v) is 6.78. The predicted molar refractivity (Wildman–Crippen MR) is 47.4 cm³/mol. The molecule has 0 aliphatic carbocycles. The summed E-state index contributed by atoms with van der Waals surface area (Å²) in [6, 6.07) is 1.96. The van der Waals surface area contributed by atoms with Crippen LogP contribution in [0.5, 0.6) is 0 Å². The maximum Gasteiger partial charge on any atom is 0.200 e. The van der Waals surface area contributed by atoms with Crippen molar-refractivity contribution in [3.8, 4) is 11.3 Å². The molecule has 0 fully saturated rings. The number of hydrogen-bond donors (Lipinski definition) is 2. The molecule has 0 radical (unpaired) electrons. The van der Waals surface area contributed by atoms with Gasteiger partial charge in [0.1, 0.15) is 0 Å². The molecule has 4 heteroatoms. The molecular formula is C8H10N4. The fourth-order valence-corrected chi connectivity index (χ4v) is 1.10. The molecule has 0 amide bonds. The van der Waals surface area contributed by atoms with Gasteiger partial charge < -0.3 is 15.3 Å². The van der Waals surface area contributed by atoms with Crippen molar-refractivity contribution in [2.75, 3.05) is 5.73 Å². The summed E-state index contributed by atoms with van der Waals surface area (Å²) < 4.78 is 1.79. The standard InChI is InChI=1S/C8H10N4/c1-12-5-7(11-8(12)9)6-2-3-10-4-6/h2-5,10H,1H3,(H2,9,11). The van der Waals surface area contributed by atoms with Crippen molar-refractivity contribution in [2.45, 2.75) is 0 Å². The van der Waals surface area contributed by atoms with E-state index in [1.54, 1.807) is 4.57 Å². The van der Waals surface area contributed by atoms with Gasteiger partial charge in [-0.05, 0) is 6.07 Å². The molecular weight excluding hydrogens is 152 g/mol. The first-order chi connectivity index (χ1) is 5.77. The molecule has 2 aromatic heterocycles. The molecule has 0 bridgehead atoms. The first kappa shape index (κ1) is 6.97. The number of aromatic nitrogens is 3. The third-order valence-corrected chi connectivity index (χ3v) is 1.81. The lowest BCUT2D eigenvalue weighted by Crippen LogP contribution is -1.94. The molecule has 3 N–H and O–H groups in total. The van der Waals surface area contributed by atoms with Crippen LogP contribution in [0.3, 0.4) is 0 Å². The number of rotatable bonds is 1. The number of nitrogens with two attached hydrogens (primary N) is 1. The quantitative estimate of drug-likeness (QED) is 0.657. The van der Waals surface area contributed by atoms with Crippen LogP contribution in [0.1, 0.15) is 0 Å². The highest BCUT2D eigenvalue weighted by Gasteiger charge is 2.03. The average Bonchev–Trinajstić information content (AvgIpc) is 2.61. The summed E-state index contributed by atoms with van der Waals surface area (Å²) in [6.45, 7) is 0. The zero-order valence-electron chi connectivity index (χ0n) is 6.78. The van der Waals surface area contributed by atoms with E-state index in [1.165, 1.54) is 0 Å². The number of H-pyrrole nitrogens is 1. The Hall–Kier alpha value is -1.71. The second kappa shape index (κ2) is 2.41. The average molecular weight is 162 g/mol. The molecule has 0 aromatic carbocycles. The van der Waals surface area contributed by atoms with Crippen LogP contribution in [0.4, 0.5) is 5.95 Å². The van der Waals surface area contributed by atoms with Gasteiger partial charge in [0.15, 0.2) is 5.95 Å². The van der Waals surface area contributed by atoms with E-state index in [9.17, 15) is 0 Å². The van der Waals surface area contributed by atoms with Gasteiger partial charge in [-0.15, -0.1) is 0 Å². The minimum absolute atomic E-state index is 0.534. The Labute approximate surface area is 70.0 Å². The number of aryl methyl sites for hydroxylation is 1. The predicted octanol–water partition coefficient (Wildman–Crippen LogP) is 0.997. The van der Waals surface area contributed by atoms with Crippen LogP contribution in [-0.4, -0.2) is 14.5 Å². The Morgan fingerprint density at radius 2 is 2.42 bits per heavy atom. The van der Waals surface area contributed by atoms with Crippen molar-refractivity contribution in [1.82, 2.24) is 14.5 Å². The SMILES string of the molecule is Cn1cc(-c2cc[nH]c2)nc1N. The minimum atomic E-state index is 0.534. The molecule has 0 spiro atoms. The number of nitrogen functional groups attached to an aromatic ring is 1. The van der Waals surface area contributed by atoms with Gasteiger partial charge in [0.25, 0.3) is 0 Å². The monoisotopic (exact) mass is 162 g/mol. The van der Waals surface area contributed by atoms with E-state index >= 15 is 0 Å². The van der Waals surface area contributed by atoms with Gasteiger partial charge in [-0.3, -0.25) is 0 Å². The van der Waals surface area contributed by atoms with Crippen LogP contribution in [0.2, 0.25) is 0 Å². The highest BCUT2D eigenvalue weighted by molar-refractivity contribution is 5.59. The van der Waals surface area contributed by atoms with Crippen molar-refractivity contribution >= 4 is 5.95 Å². The lowest BCUT2D eigenvalue weighted by Gasteiger charge is -1.87. The lowest BCUT2D eigenvalue weighted by atomic mass is 10.3. The first-order valence-electron chi connectivity index (χ1n) is 3.69. The van der Waals surface area contributed by atoms with Crippen LogP contribution in [0, 0.1) is 0 Å². The molecule has 2 rings (SSSR count). The number of aromatic amines is 1. The van der Waals surface area contributed by atoms with E-state index in [2.05, 4.69) is 9.97 Å². The summed E-state index contributed by atoms with van der Waals surface area (Å²) in [5.41, 5.74) is 7.55. The third kappa shape index (κ3) is 0.972. The number of nitrogens with zero attached hydrogens (tertiary/aromatic N) is 2.